The van der Waals surface area contributed by atoms with Crippen molar-refractivity contribution in [2.24, 2.45) is 0 Å². The molecule has 66 valence electrons. The number of oxazole rings is 1. The van der Waals surface area contributed by atoms with Crippen LogP contribution in [0.25, 0.3) is 0 Å². The first kappa shape index (κ1) is 7.80. The monoisotopic (exact) mass is 166 g/mol. The van der Waals surface area contributed by atoms with Crippen LogP contribution in [-0.2, 0) is 6.42 Å². The summed E-state index contributed by atoms with van der Waals surface area (Å²) >= 11 is 0. The highest BCUT2D eigenvalue weighted by Gasteiger charge is 2.27. The third-order valence-corrected chi connectivity index (χ3v) is 2.14. The second kappa shape index (κ2) is 3.27. The van der Waals surface area contributed by atoms with Crippen LogP contribution in [0.3, 0.4) is 0 Å². The lowest BCUT2D eigenvalue weighted by molar-refractivity contribution is 0.452. The molecule has 3 nitrogen and oxygen atoms in total. The fourth-order valence-electron chi connectivity index (χ4n) is 1.23. The van der Waals surface area contributed by atoms with Crippen LogP contribution in [0.4, 0.5) is 0 Å². The van der Waals surface area contributed by atoms with Crippen LogP contribution < -0.4 is 5.32 Å². The predicted molar refractivity (Wildman–Crippen MR) is 46.1 cm³/mol. The first-order valence-electron chi connectivity index (χ1n) is 4.49. The number of nitrogens with zero attached hydrogens (tertiary/aromatic N) is 1. The Hall–Kier alpha value is -0.830. The molecule has 0 amide bonds. The molecule has 0 saturated heterocycles. The van der Waals surface area contributed by atoms with E-state index in [0.717, 1.165) is 24.6 Å². The van der Waals surface area contributed by atoms with E-state index in [1.54, 1.807) is 0 Å². The van der Waals surface area contributed by atoms with Crippen LogP contribution in [0.2, 0.25) is 0 Å². The van der Waals surface area contributed by atoms with Gasteiger partial charge in [-0.05, 0) is 19.9 Å². The average molecular weight is 166 g/mol. The van der Waals surface area contributed by atoms with Crippen molar-refractivity contribution in [3.63, 3.8) is 0 Å². The largest absolute Gasteiger partial charge is 0.445 e. The number of rotatable bonds is 4. The summed E-state index contributed by atoms with van der Waals surface area (Å²) < 4.78 is 5.56. The summed E-state index contributed by atoms with van der Waals surface area (Å²) in [6, 6.07) is 0. The Morgan fingerprint density at radius 2 is 2.50 bits per heavy atom. The molecule has 3 heteroatoms. The zero-order chi connectivity index (χ0) is 8.39. The molecule has 1 heterocycles. The van der Waals surface area contributed by atoms with Crippen LogP contribution in [-0.4, -0.2) is 18.6 Å². The highest BCUT2D eigenvalue weighted by atomic mass is 16.4. The van der Waals surface area contributed by atoms with Crippen LogP contribution in [0.5, 0.6) is 0 Å². The van der Waals surface area contributed by atoms with Gasteiger partial charge in [-0.1, -0.05) is 0 Å². The summed E-state index contributed by atoms with van der Waals surface area (Å²) in [7, 11) is 1.94. The Morgan fingerprint density at radius 1 is 1.67 bits per heavy atom. The summed E-state index contributed by atoms with van der Waals surface area (Å²) in [6.07, 6.45) is 5.33. The molecule has 0 spiro atoms. The second-order valence-electron chi connectivity index (χ2n) is 3.28. The summed E-state index contributed by atoms with van der Waals surface area (Å²) in [4.78, 5) is 4.21. The van der Waals surface area contributed by atoms with Gasteiger partial charge in [0.05, 0.1) is 6.20 Å². The van der Waals surface area contributed by atoms with E-state index >= 15 is 0 Å². The normalized spacial score (nSPS) is 16.8. The zero-order valence-electron chi connectivity index (χ0n) is 7.34. The molecule has 1 fully saturated rings. The van der Waals surface area contributed by atoms with Gasteiger partial charge in [-0.15, -0.1) is 0 Å². The summed E-state index contributed by atoms with van der Waals surface area (Å²) in [5.74, 6) is 2.63. The predicted octanol–water partition coefficient (Wildman–Crippen LogP) is 1.31. The molecule has 1 N–H and O–H groups in total. The Labute approximate surface area is 72.2 Å². The van der Waals surface area contributed by atoms with Gasteiger partial charge in [0.2, 0.25) is 0 Å². The Balaban J connectivity index is 1.93. The highest BCUT2D eigenvalue weighted by Crippen LogP contribution is 2.40. The van der Waals surface area contributed by atoms with E-state index in [4.69, 9.17) is 4.42 Å². The van der Waals surface area contributed by atoms with Crippen molar-refractivity contribution in [3.8, 4) is 0 Å². The first-order chi connectivity index (χ1) is 5.90. The molecule has 0 bridgehead atoms. The van der Waals surface area contributed by atoms with Gasteiger partial charge in [-0.3, -0.25) is 0 Å². The minimum Gasteiger partial charge on any atom is -0.445 e. The molecule has 1 saturated carbocycles. The molecule has 0 aromatic carbocycles. The standard InChI is InChI=1S/C9H14N2O/c1-10-5-4-9-11-6-8(12-9)7-2-3-7/h6-7,10H,2-5H2,1H3. The Morgan fingerprint density at radius 3 is 3.17 bits per heavy atom. The van der Waals surface area contributed by atoms with Crippen LogP contribution in [0.15, 0.2) is 10.6 Å². The Kier molecular flexibility index (Phi) is 2.13. The summed E-state index contributed by atoms with van der Waals surface area (Å²) in [5.41, 5.74) is 0. The van der Waals surface area contributed by atoms with Crippen LogP contribution >= 0.6 is 0 Å². The lowest BCUT2D eigenvalue weighted by Gasteiger charge is -1.93. The second-order valence-corrected chi connectivity index (χ2v) is 3.28. The molecular weight excluding hydrogens is 152 g/mol. The number of nitrogens with one attached hydrogen (secondary N) is 1. The quantitative estimate of drug-likeness (QED) is 0.733. The molecule has 0 atom stereocenters. The van der Waals surface area contributed by atoms with E-state index in [-0.39, 0.29) is 0 Å². The van der Waals surface area contributed by atoms with Crippen molar-refractivity contribution in [1.82, 2.24) is 10.3 Å². The molecule has 1 aliphatic carbocycles. The Bertz CT molecular complexity index is 253. The molecule has 12 heavy (non-hydrogen) atoms. The number of hydrogen-bond acceptors (Lipinski definition) is 3. The van der Waals surface area contributed by atoms with E-state index in [0.29, 0.717) is 5.92 Å². The minimum absolute atomic E-state index is 0.681. The van der Waals surface area contributed by atoms with E-state index in [1.165, 1.54) is 12.8 Å². The fourth-order valence-corrected chi connectivity index (χ4v) is 1.23. The molecule has 1 aromatic rings. The molecule has 0 radical (unpaired) electrons. The van der Waals surface area contributed by atoms with Gasteiger partial charge >= 0.3 is 0 Å². The summed E-state index contributed by atoms with van der Waals surface area (Å²) in [6.45, 7) is 0.935. The van der Waals surface area contributed by atoms with E-state index in [2.05, 4.69) is 10.3 Å². The van der Waals surface area contributed by atoms with Gasteiger partial charge in [0.1, 0.15) is 5.76 Å². The summed E-state index contributed by atoms with van der Waals surface area (Å²) in [5, 5.41) is 3.07. The maximum atomic E-state index is 5.56. The molecule has 0 unspecified atom stereocenters. The van der Waals surface area contributed by atoms with Crippen LogP contribution in [0, 0.1) is 0 Å². The van der Waals surface area contributed by atoms with Gasteiger partial charge in [-0.2, -0.15) is 0 Å². The van der Waals surface area contributed by atoms with Gasteiger partial charge in [-0.25, -0.2) is 4.98 Å². The minimum atomic E-state index is 0.681. The average Bonchev–Trinajstić information content (AvgIpc) is 2.83. The molecule has 1 aliphatic rings. The molecular formula is C9H14N2O. The SMILES string of the molecule is CNCCc1ncc(C2CC2)o1. The first-order valence-corrected chi connectivity index (χ1v) is 4.49. The van der Waals surface area contributed by atoms with Crippen molar-refractivity contribution in [1.29, 1.82) is 0 Å². The molecule has 2 rings (SSSR count). The van der Waals surface area contributed by atoms with Crippen molar-refractivity contribution < 1.29 is 4.42 Å². The van der Waals surface area contributed by atoms with E-state index in [9.17, 15) is 0 Å². The van der Waals surface area contributed by atoms with Gasteiger partial charge in [0.15, 0.2) is 5.89 Å². The van der Waals surface area contributed by atoms with Crippen molar-refractivity contribution in [2.45, 2.75) is 25.2 Å². The maximum absolute atomic E-state index is 5.56. The molecule has 1 aromatic heterocycles. The smallest absolute Gasteiger partial charge is 0.195 e. The van der Waals surface area contributed by atoms with Crippen molar-refractivity contribution >= 4 is 0 Å². The van der Waals surface area contributed by atoms with Crippen LogP contribution in [0.1, 0.15) is 30.4 Å². The van der Waals surface area contributed by atoms with Gasteiger partial charge in [0, 0.05) is 18.9 Å². The van der Waals surface area contributed by atoms with Crippen molar-refractivity contribution in [3.05, 3.63) is 17.8 Å². The molecule has 0 aliphatic heterocycles. The number of aromatic nitrogens is 1. The third kappa shape index (κ3) is 1.67. The van der Waals surface area contributed by atoms with Gasteiger partial charge < -0.3 is 9.73 Å². The number of hydrogen-bond donors (Lipinski definition) is 1. The topological polar surface area (TPSA) is 38.1 Å². The maximum Gasteiger partial charge on any atom is 0.195 e. The third-order valence-electron chi connectivity index (χ3n) is 2.14. The zero-order valence-corrected chi connectivity index (χ0v) is 7.34. The van der Waals surface area contributed by atoms with Crippen molar-refractivity contribution in [2.75, 3.05) is 13.6 Å². The lowest BCUT2D eigenvalue weighted by Crippen LogP contribution is -2.10. The number of likely N-dealkylation sites (N-methyl/N-ethyl adjacent to an activating group) is 1. The highest BCUT2D eigenvalue weighted by molar-refractivity contribution is 5.08. The lowest BCUT2D eigenvalue weighted by atomic mass is 10.3. The van der Waals surface area contributed by atoms with E-state index in [1.807, 2.05) is 13.2 Å². The fraction of sp³-hybridized carbons (Fsp3) is 0.667. The van der Waals surface area contributed by atoms with Gasteiger partial charge in [0.25, 0.3) is 0 Å². The van der Waals surface area contributed by atoms with E-state index < -0.39 is 0 Å².